The summed E-state index contributed by atoms with van der Waals surface area (Å²) in [4.78, 5) is 28.4. The quantitative estimate of drug-likeness (QED) is 0.789. The zero-order chi connectivity index (χ0) is 16.2. The third kappa shape index (κ3) is 3.06. The highest BCUT2D eigenvalue weighted by Crippen LogP contribution is 2.23. The molecule has 3 N–H and O–H groups in total. The Bertz CT molecular complexity index is 771. The van der Waals surface area contributed by atoms with Crippen LogP contribution < -0.4 is 16.0 Å². The summed E-state index contributed by atoms with van der Waals surface area (Å²) >= 11 is 0. The van der Waals surface area contributed by atoms with Gasteiger partial charge in [0.15, 0.2) is 0 Å². The average Bonchev–Trinajstić information content (AvgIpc) is 2.72. The first-order chi connectivity index (χ1) is 11.2. The average molecular weight is 308 g/mol. The molecule has 0 bridgehead atoms. The summed E-state index contributed by atoms with van der Waals surface area (Å²) in [5, 5.41) is 7.78. The maximum Gasteiger partial charge on any atom is 0.316 e. The van der Waals surface area contributed by atoms with Crippen LogP contribution in [0.5, 0.6) is 0 Å². The van der Waals surface area contributed by atoms with Crippen LogP contribution in [-0.2, 0) is 4.79 Å². The molecule has 1 heterocycles. The van der Waals surface area contributed by atoms with Crippen LogP contribution in [0.3, 0.4) is 0 Å². The molecule has 6 heteroatoms. The molecule has 3 rings (SSSR count). The van der Waals surface area contributed by atoms with Gasteiger partial charge in [0.2, 0.25) is 6.17 Å². The van der Waals surface area contributed by atoms with Gasteiger partial charge >= 0.3 is 6.03 Å². The monoisotopic (exact) mass is 308 g/mol. The first-order valence-electron chi connectivity index (χ1n) is 7.21. The van der Waals surface area contributed by atoms with Crippen LogP contribution >= 0.6 is 0 Å². The summed E-state index contributed by atoms with van der Waals surface area (Å²) < 4.78 is 0. The smallest absolute Gasteiger partial charge is 0.316 e. The Balaban J connectivity index is 2.11. The number of hydrogen-bond acceptors (Lipinski definition) is 3. The minimum absolute atomic E-state index is 0.382. The second-order valence-corrected chi connectivity index (χ2v) is 5.00. The molecule has 0 saturated carbocycles. The van der Waals surface area contributed by atoms with Crippen LogP contribution in [0.25, 0.3) is 0 Å². The highest BCUT2D eigenvalue weighted by molar-refractivity contribution is 6.19. The topological polar surface area (TPSA) is 82.6 Å². The van der Waals surface area contributed by atoms with Crippen molar-refractivity contribution in [1.29, 1.82) is 0 Å². The van der Waals surface area contributed by atoms with E-state index in [2.05, 4.69) is 20.9 Å². The van der Waals surface area contributed by atoms with Crippen molar-refractivity contribution in [3.63, 3.8) is 0 Å². The Kier molecular flexibility index (Phi) is 4.05. The van der Waals surface area contributed by atoms with Gasteiger partial charge in [-0.2, -0.15) is 0 Å². The number of benzodiazepines with no additional fused rings is 1. The second kappa shape index (κ2) is 6.31. The third-order valence-corrected chi connectivity index (χ3v) is 3.49. The van der Waals surface area contributed by atoms with Crippen LogP contribution in [0.2, 0.25) is 0 Å². The van der Waals surface area contributed by atoms with Crippen molar-refractivity contribution < 1.29 is 9.59 Å². The highest BCUT2D eigenvalue weighted by atomic mass is 16.2. The van der Waals surface area contributed by atoms with Gasteiger partial charge in [-0.25, -0.2) is 9.79 Å². The number of benzene rings is 2. The van der Waals surface area contributed by atoms with E-state index in [1.54, 1.807) is 0 Å². The van der Waals surface area contributed by atoms with Crippen molar-refractivity contribution in [2.75, 3.05) is 12.4 Å². The maximum absolute atomic E-state index is 12.3. The zero-order valence-electron chi connectivity index (χ0n) is 12.5. The van der Waals surface area contributed by atoms with Gasteiger partial charge in [0.05, 0.1) is 11.4 Å². The van der Waals surface area contributed by atoms with Crippen LogP contribution in [0.1, 0.15) is 11.1 Å². The maximum atomic E-state index is 12.3. The first-order valence-corrected chi connectivity index (χ1v) is 7.21. The molecule has 0 fully saturated rings. The summed E-state index contributed by atoms with van der Waals surface area (Å²) in [6.07, 6.45) is -1.00. The van der Waals surface area contributed by atoms with Crippen LogP contribution in [0.4, 0.5) is 10.5 Å². The predicted octanol–water partition coefficient (Wildman–Crippen LogP) is 1.73. The van der Waals surface area contributed by atoms with E-state index in [1.807, 2.05) is 54.6 Å². The molecule has 23 heavy (non-hydrogen) atoms. The van der Waals surface area contributed by atoms with Gasteiger partial charge in [0, 0.05) is 18.2 Å². The van der Waals surface area contributed by atoms with Crippen molar-refractivity contribution >= 4 is 23.3 Å². The molecule has 6 nitrogen and oxygen atoms in total. The number of hydrogen-bond donors (Lipinski definition) is 3. The van der Waals surface area contributed by atoms with E-state index >= 15 is 0 Å². The molecule has 0 radical (unpaired) electrons. The van der Waals surface area contributed by atoms with Crippen LogP contribution in [0.15, 0.2) is 59.6 Å². The lowest BCUT2D eigenvalue weighted by atomic mass is 10.0. The Labute approximate surface area is 133 Å². The van der Waals surface area contributed by atoms with Gasteiger partial charge in [-0.3, -0.25) is 4.79 Å². The largest absolute Gasteiger partial charge is 0.341 e. The standard InChI is InChI=1S/C17H16N4O2/c1-18-17(23)21-15-16(22)19-13-10-6-5-9-12(13)14(20-15)11-7-3-2-4-8-11/h2-10,15H,1H3,(H,19,22)(H2,18,21,23). The Morgan fingerprint density at radius 3 is 2.52 bits per heavy atom. The highest BCUT2D eigenvalue weighted by Gasteiger charge is 2.26. The van der Waals surface area contributed by atoms with Gasteiger partial charge in [0.1, 0.15) is 0 Å². The normalized spacial score (nSPS) is 16.5. The molecule has 1 aliphatic rings. The van der Waals surface area contributed by atoms with Crippen LogP contribution in [0, 0.1) is 0 Å². The number of amides is 3. The minimum atomic E-state index is -1.00. The molecule has 2 aromatic rings. The van der Waals surface area contributed by atoms with Crippen molar-refractivity contribution in [3.05, 3.63) is 65.7 Å². The SMILES string of the molecule is CNC(=O)NC1N=C(c2ccccc2)c2ccccc2NC1=O. The number of carbonyl (C=O) groups excluding carboxylic acids is 2. The summed E-state index contributed by atoms with van der Waals surface area (Å²) in [7, 11) is 1.49. The lowest BCUT2D eigenvalue weighted by Gasteiger charge is -2.12. The molecule has 1 aliphatic heterocycles. The number of fused-ring (bicyclic) bond motifs is 1. The molecule has 116 valence electrons. The molecule has 0 spiro atoms. The second-order valence-electron chi connectivity index (χ2n) is 5.00. The predicted molar refractivity (Wildman–Crippen MR) is 88.5 cm³/mol. The third-order valence-electron chi connectivity index (χ3n) is 3.49. The van der Waals surface area contributed by atoms with Crippen molar-refractivity contribution in [3.8, 4) is 0 Å². The van der Waals surface area contributed by atoms with E-state index in [1.165, 1.54) is 7.05 Å². The molecular formula is C17H16N4O2. The van der Waals surface area contributed by atoms with E-state index < -0.39 is 12.2 Å². The number of nitrogens with one attached hydrogen (secondary N) is 3. The Morgan fingerprint density at radius 1 is 1.09 bits per heavy atom. The van der Waals surface area contributed by atoms with Gasteiger partial charge in [-0.05, 0) is 6.07 Å². The fraction of sp³-hybridized carbons (Fsp3) is 0.118. The fourth-order valence-electron chi connectivity index (χ4n) is 2.38. The van der Waals surface area contributed by atoms with Crippen molar-refractivity contribution in [2.45, 2.75) is 6.17 Å². The summed E-state index contributed by atoms with van der Waals surface area (Å²) in [5.74, 6) is -0.382. The molecule has 0 saturated heterocycles. The molecule has 2 aromatic carbocycles. The number of anilines is 1. The summed E-state index contributed by atoms with van der Waals surface area (Å²) in [5.41, 5.74) is 3.01. The Hall–Kier alpha value is -3.15. The number of aliphatic imine (C=N–C) groups is 1. The van der Waals surface area contributed by atoms with E-state index in [0.29, 0.717) is 11.4 Å². The van der Waals surface area contributed by atoms with Gasteiger partial charge in [-0.15, -0.1) is 0 Å². The molecule has 0 aliphatic carbocycles. The molecule has 1 unspecified atom stereocenters. The number of rotatable bonds is 2. The van der Waals surface area contributed by atoms with Crippen molar-refractivity contribution in [2.24, 2.45) is 4.99 Å². The number of urea groups is 1. The fourth-order valence-corrected chi connectivity index (χ4v) is 2.38. The van der Waals surface area contributed by atoms with E-state index in [-0.39, 0.29) is 5.91 Å². The number of nitrogens with zero attached hydrogens (tertiary/aromatic N) is 1. The number of carbonyl (C=O) groups is 2. The van der Waals surface area contributed by atoms with Gasteiger partial charge in [0.25, 0.3) is 5.91 Å². The number of para-hydroxylation sites is 1. The molecule has 3 amide bonds. The summed E-state index contributed by atoms with van der Waals surface area (Å²) in [6, 6.07) is 16.5. The minimum Gasteiger partial charge on any atom is -0.341 e. The van der Waals surface area contributed by atoms with Crippen molar-refractivity contribution in [1.82, 2.24) is 10.6 Å². The van der Waals surface area contributed by atoms with E-state index in [0.717, 1.165) is 11.1 Å². The summed E-state index contributed by atoms with van der Waals surface area (Å²) in [6.45, 7) is 0. The van der Waals surface area contributed by atoms with Gasteiger partial charge < -0.3 is 16.0 Å². The Morgan fingerprint density at radius 2 is 1.78 bits per heavy atom. The van der Waals surface area contributed by atoms with Gasteiger partial charge in [-0.1, -0.05) is 48.5 Å². The lowest BCUT2D eigenvalue weighted by molar-refractivity contribution is -0.117. The molecule has 1 atom stereocenters. The van der Waals surface area contributed by atoms with E-state index in [9.17, 15) is 9.59 Å². The zero-order valence-corrected chi connectivity index (χ0v) is 12.5. The lowest BCUT2D eigenvalue weighted by Crippen LogP contribution is -2.45. The van der Waals surface area contributed by atoms with Crippen LogP contribution in [-0.4, -0.2) is 30.9 Å². The molecule has 0 aromatic heterocycles. The first kappa shape index (κ1) is 14.8. The van der Waals surface area contributed by atoms with E-state index in [4.69, 9.17) is 0 Å². The molecular weight excluding hydrogens is 292 g/mol.